The summed E-state index contributed by atoms with van der Waals surface area (Å²) in [6.45, 7) is 2.84. The number of fused-ring (bicyclic) bond motifs is 1. The number of rotatable bonds is 5. The fourth-order valence-electron chi connectivity index (χ4n) is 3.85. The van der Waals surface area contributed by atoms with E-state index in [-0.39, 0.29) is 29.2 Å². The number of ketones is 1. The van der Waals surface area contributed by atoms with Crippen molar-refractivity contribution in [2.75, 3.05) is 0 Å². The topological polar surface area (TPSA) is 80.8 Å². The van der Waals surface area contributed by atoms with Gasteiger partial charge in [0.25, 0.3) is 0 Å². The molecule has 1 aromatic rings. The minimum atomic E-state index is -1.11. The first-order valence-electron chi connectivity index (χ1n) is 9.18. The average Bonchev–Trinajstić information content (AvgIpc) is 2.92. The molecule has 0 radical (unpaired) electrons. The van der Waals surface area contributed by atoms with Crippen molar-refractivity contribution in [2.24, 2.45) is 11.8 Å². The standard InChI is InChI=1S/C20H22FNO5/c1-11(22-18(24)15-5-3-4-6-16(15)19(22)25)20(26)27-12(2)17(23)13-7-9-14(21)10-8-13/h7-12,15-16H,3-6H2,1-2H3/t11-,12-,15-,16-/m0/s1. The number of amides is 2. The van der Waals surface area contributed by atoms with Crippen molar-refractivity contribution < 1.29 is 28.3 Å². The van der Waals surface area contributed by atoms with Crippen molar-refractivity contribution in [3.63, 3.8) is 0 Å². The maximum absolute atomic E-state index is 13.0. The number of imide groups is 1. The lowest BCUT2D eigenvalue weighted by molar-refractivity contribution is -0.159. The lowest BCUT2D eigenvalue weighted by atomic mass is 9.81. The summed E-state index contributed by atoms with van der Waals surface area (Å²) in [4.78, 5) is 50.9. The molecule has 2 amide bonds. The summed E-state index contributed by atoms with van der Waals surface area (Å²) in [5.41, 5.74) is 0.212. The lowest BCUT2D eigenvalue weighted by Gasteiger charge is -2.23. The smallest absolute Gasteiger partial charge is 0.329 e. The molecule has 1 aromatic carbocycles. The predicted molar refractivity (Wildman–Crippen MR) is 93.0 cm³/mol. The number of carbonyl (C=O) groups is 4. The Morgan fingerprint density at radius 3 is 2.07 bits per heavy atom. The Morgan fingerprint density at radius 2 is 1.56 bits per heavy atom. The molecule has 0 bridgehead atoms. The molecule has 3 rings (SSSR count). The first-order valence-corrected chi connectivity index (χ1v) is 9.18. The Morgan fingerprint density at radius 1 is 1.04 bits per heavy atom. The minimum absolute atomic E-state index is 0.212. The van der Waals surface area contributed by atoms with Crippen LogP contribution in [-0.2, 0) is 19.1 Å². The van der Waals surface area contributed by atoms with Crippen molar-refractivity contribution in [3.8, 4) is 0 Å². The lowest BCUT2D eigenvalue weighted by Crippen LogP contribution is -2.45. The van der Waals surface area contributed by atoms with Gasteiger partial charge in [-0.05, 0) is 51.0 Å². The third kappa shape index (κ3) is 3.63. The van der Waals surface area contributed by atoms with Crippen LogP contribution in [0.4, 0.5) is 4.39 Å². The average molecular weight is 375 g/mol. The van der Waals surface area contributed by atoms with E-state index in [1.165, 1.54) is 26.0 Å². The van der Waals surface area contributed by atoms with Gasteiger partial charge in [0.2, 0.25) is 17.6 Å². The van der Waals surface area contributed by atoms with Crippen LogP contribution in [0.15, 0.2) is 24.3 Å². The van der Waals surface area contributed by atoms with E-state index in [1.54, 1.807) is 0 Å². The number of esters is 1. The molecule has 6 nitrogen and oxygen atoms in total. The number of hydrogen-bond donors (Lipinski definition) is 0. The molecule has 1 heterocycles. The van der Waals surface area contributed by atoms with Gasteiger partial charge in [-0.1, -0.05) is 12.8 Å². The summed E-state index contributed by atoms with van der Waals surface area (Å²) in [6.07, 6.45) is 2.01. The van der Waals surface area contributed by atoms with E-state index in [1.807, 2.05) is 0 Å². The largest absolute Gasteiger partial charge is 0.453 e. The number of carbonyl (C=O) groups excluding carboxylic acids is 4. The number of Topliss-reactive ketones (excluding diaryl/α,β-unsaturated/α-hetero) is 1. The normalized spacial score (nSPS) is 24.3. The van der Waals surface area contributed by atoms with Crippen LogP contribution in [0.1, 0.15) is 49.9 Å². The molecule has 1 aliphatic carbocycles. The molecule has 27 heavy (non-hydrogen) atoms. The molecular weight excluding hydrogens is 353 g/mol. The van der Waals surface area contributed by atoms with Crippen LogP contribution in [0.5, 0.6) is 0 Å². The molecule has 0 spiro atoms. The van der Waals surface area contributed by atoms with Gasteiger partial charge < -0.3 is 4.74 Å². The van der Waals surface area contributed by atoms with Crippen molar-refractivity contribution in [2.45, 2.75) is 51.7 Å². The zero-order valence-corrected chi connectivity index (χ0v) is 15.3. The number of likely N-dealkylation sites (tertiary alicyclic amines) is 1. The molecule has 1 saturated carbocycles. The van der Waals surface area contributed by atoms with Gasteiger partial charge in [-0.25, -0.2) is 9.18 Å². The fourth-order valence-corrected chi connectivity index (χ4v) is 3.85. The Hall–Kier alpha value is -2.57. The summed E-state index contributed by atoms with van der Waals surface area (Å²) in [7, 11) is 0. The maximum atomic E-state index is 13.0. The second-order valence-electron chi connectivity index (χ2n) is 7.17. The van der Waals surface area contributed by atoms with E-state index in [0.717, 1.165) is 29.9 Å². The van der Waals surface area contributed by atoms with E-state index >= 15 is 0 Å². The van der Waals surface area contributed by atoms with Gasteiger partial charge in [0.1, 0.15) is 11.9 Å². The van der Waals surface area contributed by atoms with Crippen molar-refractivity contribution in [1.29, 1.82) is 0 Å². The van der Waals surface area contributed by atoms with E-state index in [4.69, 9.17) is 4.74 Å². The molecule has 0 aromatic heterocycles. The Kier molecular flexibility index (Phi) is 5.39. The van der Waals surface area contributed by atoms with Crippen LogP contribution in [0.2, 0.25) is 0 Å². The third-order valence-electron chi connectivity index (χ3n) is 5.39. The number of halogens is 1. The molecule has 2 fully saturated rings. The SMILES string of the molecule is C[C@H](OC(=O)[C@H](C)N1C(=O)[C@H]2CCCC[C@@H]2C1=O)C(=O)c1ccc(F)cc1. The first-order chi connectivity index (χ1) is 12.8. The zero-order chi connectivity index (χ0) is 19.7. The molecule has 144 valence electrons. The summed E-state index contributed by atoms with van der Waals surface area (Å²) in [5, 5.41) is 0. The monoisotopic (exact) mass is 375 g/mol. The highest BCUT2D eigenvalue weighted by atomic mass is 19.1. The highest BCUT2D eigenvalue weighted by Gasteiger charge is 2.51. The van der Waals surface area contributed by atoms with Crippen LogP contribution < -0.4 is 0 Å². The molecule has 1 aliphatic heterocycles. The quantitative estimate of drug-likeness (QED) is 0.449. The van der Waals surface area contributed by atoms with Crippen LogP contribution in [0, 0.1) is 17.7 Å². The number of ether oxygens (including phenoxy) is 1. The van der Waals surface area contributed by atoms with Gasteiger partial charge in [-0.2, -0.15) is 0 Å². The highest BCUT2D eigenvalue weighted by Crippen LogP contribution is 2.38. The van der Waals surface area contributed by atoms with Gasteiger partial charge >= 0.3 is 5.97 Å². The Bertz CT molecular complexity index is 751. The number of benzene rings is 1. The zero-order valence-electron chi connectivity index (χ0n) is 15.3. The first kappa shape index (κ1) is 19.2. The van der Waals surface area contributed by atoms with Crippen LogP contribution >= 0.6 is 0 Å². The van der Waals surface area contributed by atoms with Gasteiger partial charge in [-0.3, -0.25) is 19.3 Å². The van der Waals surface area contributed by atoms with Crippen molar-refractivity contribution >= 4 is 23.6 Å². The number of nitrogens with zero attached hydrogens (tertiary/aromatic N) is 1. The third-order valence-corrected chi connectivity index (χ3v) is 5.39. The fraction of sp³-hybridized carbons (Fsp3) is 0.500. The predicted octanol–water partition coefficient (Wildman–Crippen LogP) is 2.50. The van der Waals surface area contributed by atoms with Gasteiger partial charge in [0.15, 0.2) is 6.10 Å². The van der Waals surface area contributed by atoms with Crippen LogP contribution in [0.3, 0.4) is 0 Å². The van der Waals surface area contributed by atoms with E-state index in [0.29, 0.717) is 12.8 Å². The second kappa shape index (κ2) is 7.58. The molecule has 2 aliphatic rings. The molecule has 4 atom stereocenters. The van der Waals surface area contributed by atoms with Crippen molar-refractivity contribution in [3.05, 3.63) is 35.6 Å². The van der Waals surface area contributed by atoms with Gasteiger partial charge in [0.05, 0.1) is 11.8 Å². The van der Waals surface area contributed by atoms with Gasteiger partial charge in [0, 0.05) is 5.56 Å². The molecule has 1 saturated heterocycles. The maximum Gasteiger partial charge on any atom is 0.329 e. The minimum Gasteiger partial charge on any atom is -0.453 e. The van der Waals surface area contributed by atoms with E-state index in [2.05, 4.69) is 0 Å². The summed E-state index contributed by atoms with van der Waals surface area (Å²) < 4.78 is 18.2. The molecule has 0 unspecified atom stereocenters. The highest BCUT2D eigenvalue weighted by molar-refractivity contribution is 6.08. The van der Waals surface area contributed by atoms with E-state index in [9.17, 15) is 23.6 Å². The summed E-state index contributed by atoms with van der Waals surface area (Å²) in [6, 6.07) is 3.83. The summed E-state index contributed by atoms with van der Waals surface area (Å²) >= 11 is 0. The Labute approximate surface area is 156 Å². The van der Waals surface area contributed by atoms with Gasteiger partial charge in [-0.15, -0.1) is 0 Å². The van der Waals surface area contributed by atoms with E-state index < -0.39 is 29.7 Å². The second-order valence-corrected chi connectivity index (χ2v) is 7.17. The number of hydrogen-bond acceptors (Lipinski definition) is 5. The molecule has 7 heteroatoms. The molecular formula is C20H22FNO5. The van der Waals surface area contributed by atoms with Crippen molar-refractivity contribution in [1.82, 2.24) is 4.90 Å². The van der Waals surface area contributed by atoms with Crippen LogP contribution in [0.25, 0.3) is 0 Å². The Balaban J connectivity index is 1.66. The van der Waals surface area contributed by atoms with Crippen LogP contribution in [-0.4, -0.2) is 40.6 Å². The molecule has 0 N–H and O–H groups in total. The summed E-state index contributed by atoms with van der Waals surface area (Å²) in [5.74, 6) is -3.11.